The van der Waals surface area contributed by atoms with Crippen LogP contribution in [0.3, 0.4) is 0 Å². The molecule has 1 aromatic carbocycles. The van der Waals surface area contributed by atoms with Crippen LogP contribution in [-0.4, -0.2) is 9.97 Å². The molecule has 0 atom stereocenters. The van der Waals surface area contributed by atoms with Crippen molar-refractivity contribution in [3.05, 3.63) is 46.5 Å². The van der Waals surface area contributed by atoms with Crippen molar-refractivity contribution in [2.24, 2.45) is 0 Å². The first-order valence-electron chi connectivity index (χ1n) is 5.69. The van der Waals surface area contributed by atoms with Gasteiger partial charge in [-0.25, -0.2) is 0 Å². The molecule has 0 fully saturated rings. The molecule has 94 valence electrons. The van der Waals surface area contributed by atoms with E-state index >= 15 is 0 Å². The minimum Gasteiger partial charge on any atom is -0.439 e. The summed E-state index contributed by atoms with van der Waals surface area (Å²) in [5, 5.41) is 0. The van der Waals surface area contributed by atoms with Gasteiger partial charge in [0.15, 0.2) is 0 Å². The van der Waals surface area contributed by atoms with Crippen LogP contribution in [0.4, 0.5) is 5.69 Å². The first-order chi connectivity index (χ1) is 8.54. The Balaban J connectivity index is 2.28. The minimum atomic E-state index is -0.223. The molecule has 18 heavy (non-hydrogen) atoms. The molecule has 1 aromatic heterocycles. The number of hydrogen-bond acceptors (Lipinski definition) is 4. The van der Waals surface area contributed by atoms with E-state index in [0.29, 0.717) is 17.3 Å². The third-order valence-electron chi connectivity index (χ3n) is 2.39. The molecule has 3 N–H and O–H groups in total. The molecule has 1 heterocycles. The van der Waals surface area contributed by atoms with Crippen molar-refractivity contribution in [2.75, 3.05) is 5.73 Å². The average Bonchev–Trinajstić information content (AvgIpc) is 2.31. The van der Waals surface area contributed by atoms with E-state index in [9.17, 15) is 4.79 Å². The van der Waals surface area contributed by atoms with E-state index in [1.165, 1.54) is 6.07 Å². The number of rotatable bonds is 3. The van der Waals surface area contributed by atoms with Crippen molar-refractivity contribution in [3.63, 3.8) is 0 Å². The largest absolute Gasteiger partial charge is 0.439 e. The monoisotopic (exact) mass is 245 g/mol. The quantitative estimate of drug-likeness (QED) is 0.813. The summed E-state index contributed by atoms with van der Waals surface area (Å²) < 4.78 is 5.52. The predicted octanol–water partition coefficient (Wildman–Crippen LogP) is 2.27. The number of nitrogens with zero attached hydrogens (tertiary/aromatic N) is 1. The van der Waals surface area contributed by atoms with Crippen LogP contribution < -0.4 is 16.0 Å². The van der Waals surface area contributed by atoms with E-state index in [-0.39, 0.29) is 17.4 Å². The molecule has 0 bridgehead atoms. The predicted molar refractivity (Wildman–Crippen MR) is 69.9 cm³/mol. The second kappa shape index (κ2) is 4.91. The summed E-state index contributed by atoms with van der Waals surface area (Å²) in [5.74, 6) is 1.62. The molecule has 0 saturated heterocycles. The second-order valence-electron chi connectivity index (χ2n) is 4.29. The average molecular weight is 245 g/mol. The molecule has 2 aromatic rings. The van der Waals surface area contributed by atoms with Gasteiger partial charge >= 0.3 is 0 Å². The van der Waals surface area contributed by atoms with Gasteiger partial charge in [-0.05, 0) is 24.3 Å². The van der Waals surface area contributed by atoms with Crippen molar-refractivity contribution < 1.29 is 4.74 Å². The fourth-order valence-corrected chi connectivity index (χ4v) is 1.44. The van der Waals surface area contributed by atoms with E-state index in [4.69, 9.17) is 10.5 Å². The number of benzene rings is 1. The summed E-state index contributed by atoms with van der Waals surface area (Å²) in [4.78, 5) is 18.4. The van der Waals surface area contributed by atoms with E-state index in [1.807, 2.05) is 13.8 Å². The van der Waals surface area contributed by atoms with Crippen LogP contribution in [0.1, 0.15) is 25.6 Å². The lowest BCUT2D eigenvalue weighted by molar-refractivity contribution is 0.455. The van der Waals surface area contributed by atoms with Gasteiger partial charge < -0.3 is 15.5 Å². The highest BCUT2D eigenvalue weighted by molar-refractivity contribution is 5.42. The SMILES string of the molecule is CC(C)c1nc(Oc2ccc(N)cc2)cc(=O)[nH]1. The lowest BCUT2D eigenvalue weighted by Gasteiger charge is -2.08. The molecule has 0 aliphatic rings. The maximum atomic E-state index is 11.5. The normalized spacial score (nSPS) is 10.6. The number of aromatic nitrogens is 2. The van der Waals surface area contributed by atoms with Crippen molar-refractivity contribution >= 4 is 5.69 Å². The fourth-order valence-electron chi connectivity index (χ4n) is 1.44. The number of H-pyrrole nitrogens is 1. The summed E-state index contributed by atoms with van der Waals surface area (Å²) in [6.07, 6.45) is 0. The van der Waals surface area contributed by atoms with Crippen LogP contribution in [0.5, 0.6) is 11.6 Å². The first-order valence-corrected chi connectivity index (χ1v) is 5.69. The Morgan fingerprint density at radius 1 is 1.28 bits per heavy atom. The minimum absolute atomic E-state index is 0.132. The van der Waals surface area contributed by atoms with Crippen LogP contribution in [0.25, 0.3) is 0 Å². The van der Waals surface area contributed by atoms with Crippen LogP contribution in [0.15, 0.2) is 35.1 Å². The van der Waals surface area contributed by atoms with Gasteiger partial charge in [0, 0.05) is 11.6 Å². The van der Waals surface area contributed by atoms with Gasteiger partial charge in [0.25, 0.3) is 5.56 Å². The molecule has 0 aliphatic heterocycles. The van der Waals surface area contributed by atoms with Crippen molar-refractivity contribution in [1.29, 1.82) is 0 Å². The molecule has 0 spiro atoms. The Morgan fingerprint density at radius 2 is 1.94 bits per heavy atom. The third-order valence-corrected chi connectivity index (χ3v) is 2.39. The molecular formula is C13H15N3O2. The van der Waals surface area contributed by atoms with Gasteiger partial charge in [-0.1, -0.05) is 13.8 Å². The molecule has 5 heteroatoms. The molecule has 0 radical (unpaired) electrons. The number of nitrogen functional groups attached to an aromatic ring is 1. The van der Waals surface area contributed by atoms with E-state index in [0.717, 1.165) is 0 Å². The standard InChI is InChI=1S/C13H15N3O2/c1-8(2)13-15-11(17)7-12(16-13)18-10-5-3-9(14)4-6-10/h3-8H,14H2,1-2H3,(H,15,16,17). The summed E-state index contributed by atoms with van der Waals surface area (Å²) in [7, 11) is 0. The smallest absolute Gasteiger partial charge is 0.254 e. The number of anilines is 1. The zero-order chi connectivity index (χ0) is 13.1. The first kappa shape index (κ1) is 12.2. The zero-order valence-corrected chi connectivity index (χ0v) is 10.3. The van der Waals surface area contributed by atoms with Crippen LogP contribution in [-0.2, 0) is 0 Å². The number of nitrogens with two attached hydrogens (primary N) is 1. The maximum Gasteiger partial charge on any atom is 0.254 e. The summed E-state index contributed by atoms with van der Waals surface area (Å²) in [6.45, 7) is 3.90. The van der Waals surface area contributed by atoms with Crippen molar-refractivity contribution in [1.82, 2.24) is 9.97 Å². The van der Waals surface area contributed by atoms with Crippen molar-refractivity contribution in [3.8, 4) is 11.6 Å². The number of aromatic amines is 1. The summed E-state index contributed by atoms with van der Waals surface area (Å²) >= 11 is 0. The zero-order valence-electron chi connectivity index (χ0n) is 10.3. The van der Waals surface area contributed by atoms with Gasteiger partial charge in [-0.2, -0.15) is 4.98 Å². The van der Waals surface area contributed by atoms with Crippen LogP contribution >= 0.6 is 0 Å². The fraction of sp³-hybridized carbons (Fsp3) is 0.231. The summed E-state index contributed by atoms with van der Waals surface area (Å²) in [5.41, 5.74) is 6.02. The van der Waals surface area contributed by atoms with Gasteiger partial charge in [-0.15, -0.1) is 0 Å². The number of ether oxygens (including phenoxy) is 1. The Labute approximate surface area is 105 Å². The highest BCUT2D eigenvalue weighted by atomic mass is 16.5. The molecule has 0 unspecified atom stereocenters. The van der Waals surface area contributed by atoms with Gasteiger partial charge in [0.05, 0.1) is 6.07 Å². The Kier molecular flexibility index (Phi) is 3.32. The van der Waals surface area contributed by atoms with Gasteiger partial charge in [0.1, 0.15) is 11.6 Å². The Bertz CT molecular complexity index is 588. The number of nitrogens with one attached hydrogen (secondary N) is 1. The molecule has 2 rings (SSSR count). The number of hydrogen-bond donors (Lipinski definition) is 2. The lowest BCUT2D eigenvalue weighted by Crippen LogP contribution is -2.11. The molecule has 0 aliphatic carbocycles. The van der Waals surface area contributed by atoms with Crippen LogP contribution in [0, 0.1) is 0 Å². The molecule has 0 amide bonds. The molecule has 5 nitrogen and oxygen atoms in total. The van der Waals surface area contributed by atoms with Crippen LogP contribution in [0.2, 0.25) is 0 Å². The summed E-state index contributed by atoms with van der Waals surface area (Å²) in [6, 6.07) is 8.24. The Morgan fingerprint density at radius 3 is 2.56 bits per heavy atom. The van der Waals surface area contributed by atoms with E-state index < -0.39 is 0 Å². The van der Waals surface area contributed by atoms with Gasteiger partial charge in [-0.3, -0.25) is 4.79 Å². The molecule has 0 saturated carbocycles. The highest BCUT2D eigenvalue weighted by Gasteiger charge is 2.06. The highest BCUT2D eigenvalue weighted by Crippen LogP contribution is 2.20. The van der Waals surface area contributed by atoms with Gasteiger partial charge in [0.2, 0.25) is 5.88 Å². The second-order valence-corrected chi connectivity index (χ2v) is 4.29. The van der Waals surface area contributed by atoms with E-state index in [1.54, 1.807) is 24.3 Å². The topological polar surface area (TPSA) is 81.0 Å². The third kappa shape index (κ3) is 2.88. The van der Waals surface area contributed by atoms with Crippen molar-refractivity contribution in [2.45, 2.75) is 19.8 Å². The maximum absolute atomic E-state index is 11.5. The lowest BCUT2D eigenvalue weighted by atomic mass is 10.2. The van der Waals surface area contributed by atoms with E-state index in [2.05, 4.69) is 9.97 Å². The Hall–Kier alpha value is -2.30. The molecular weight excluding hydrogens is 230 g/mol.